The Morgan fingerprint density at radius 1 is 1.17 bits per heavy atom. The highest BCUT2D eigenvalue weighted by Crippen LogP contribution is 2.29. The SMILES string of the molecule is Brc1cccc(Br)c1Br.C=C(C)C(=O)O.CCOCCCC(=O)O. The van der Waals surface area contributed by atoms with Crippen molar-refractivity contribution in [2.24, 2.45) is 0 Å². The molecule has 0 spiro atoms. The van der Waals surface area contributed by atoms with Crippen molar-refractivity contribution in [1.82, 2.24) is 0 Å². The van der Waals surface area contributed by atoms with E-state index in [1.807, 2.05) is 25.1 Å². The highest BCUT2D eigenvalue weighted by Gasteiger charge is 1.97. The van der Waals surface area contributed by atoms with Crippen molar-refractivity contribution in [3.8, 4) is 0 Å². The molecule has 0 saturated heterocycles. The van der Waals surface area contributed by atoms with Gasteiger partial charge in [-0.05, 0) is 80.2 Å². The summed E-state index contributed by atoms with van der Waals surface area (Å²) in [6.07, 6.45) is 0.823. The predicted molar refractivity (Wildman–Crippen MR) is 105 cm³/mol. The lowest BCUT2D eigenvalue weighted by molar-refractivity contribution is -0.137. The summed E-state index contributed by atoms with van der Waals surface area (Å²) in [6, 6.07) is 5.93. The molecule has 1 aromatic carbocycles. The Balaban J connectivity index is 0. The second kappa shape index (κ2) is 15.8. The van der Waals surface area contributed by atoms with Crippen molar-refractivity contribution >= 4 is 59.7 Å². The first-order chi connectivity index (χ1) is 11.1. The van der Waals surface area contributed by atoms with Crippen molar-refractivity contribution in [2.45, 2.75) is 26.7 Å². The Morgan fingerprint density at radius 3 is 1.92 bits per heavy atom. The largest absolute Gasteiger partial charge is 0.481 e. The lowest BCUT2D eigenvalue weighted by Crippen LogP contribution is -1.99. The Hall–Kier alpha value is -0.700. The molecule has 0 aromatic heterocycles. The molecule has 0 bridgehead atoms. The lowest BCUT2D eigenvalue weighted by atomic mass is 10.3. The second-order valence-corrected chi connectivity index (χ2v) is 6.82. The first-order valence-electron chi connectivity index (χ1n) is 6.91. The lowest BCUT2D eigenvalue weighted by Gasteiger charge is -1.96. The molecule has 0 radical (unpaired) electrons. The van der Waals surface area contributed by atoms with E-state index in [1.54, 1.807) is 0 Å². The van der Waals surface area contributed by atoms with Crippen LogP contribution in [0.15, 0.2) is 43.8 Å². The molecule has 136 valence electrons. The van der Waals surface area contributed by atoms with Gasteiger partial charge in [0.15, 0.2) is 0 Å². The molecular weight excluding hydrogens is 512 g/mol. The van der Waals surface area contributed by atoms with Crippen LogP contribution in [0.5, 0.6) is 0 Å². The Morgan fingerprint density at radius 2 is 1.62 bits per heavy atom. The quantitative estimate of drug-likeness (QED) is 0.287. The number of carbonyl (C=O) groups is 2. The molecule has 0 aliphatic carbocycles. The highest BCUT2D eigenvalue weighted by molar-refractivity contribution is 9.14. The number of rotatable bonds is 6. The van der Waals surface area contributed by atoms with Gasteiger partial charge < -0.3 is 14.9 Å². The number of aliphatic carboxylic acids is 2. The normalized spacial score (nSPS) is 9.04. The molecule has 5 nitrogen and oxygen atoms in total. The number of carboxylic acids is 2. The Bertz CT molecular complexity index is 500. The summed E-state index contributed by atoms with van der Waals surface area (Å²) in [5.74, 6) is -1.69. The van der Waals surface area contributed by atoms with Gasteiger partial charge in [0.05, 0.1) is 0 Å². The summed E-state index contributed by atoms with van der Waals surface area (Å²) in [7, 11) is 0. The van der Waals surface area contributed by atoms with Crippen LogP contribution in [0, 0.1) is 0 Å². The van der Waals surface area contributed by atoms with E-state index >= 15 is 0 Å². The van der Waals surface area contributed by atoms with Gasteiger partial charge in [0, 0.05) is 38.6 Å². The number of benzene rings is 1. The van der Waals surface area contributed by atoms with Gasteiger partial charge in [0.1, 0.15) is 0 Å². The van der Waals surface area contributed by atoms with Crippen LogP contribution >= 0.6 is 47.8 Å². The summed E-state index contributed by atoms with van der Waals surface area (Å²) < 4.78 is 8.11. The van der Waals surface area contributed by atoms with Crippen LogP contribution in [0.2, 0.25) is 0 Å². The van der Waals surface area contributed by atoms with Crippen LogP contribution in [0.25, 0.3) is 0 Å². The van der Waals surface area contributed by atoms with E-state index in [1.165, 1.54) is 6.92 Å². The third-order valence-electron chi connectivity index (χ3n) is 2.15. The maximum atomic E-state index is 9.91. The van der Waals surface area contributed by atoms with E-state index in [0.717, 1.165) is 13.4 Å². The third-order valence-corrected chi connectivity index (χ3v) is 5.39. The highest BCUT2D eigenvalue weighted by atomic mass is 79.9. The minimum Gasteiger partial charge on any atom is -0.481 e. The molecule has 0 atom stereocenters. The minimum atomic E-state index is -0.935. The molecule has 0 unspecified atom stereocenters. The van der Waals surface area contributed by atoms with Crippen molar-refractivity contribution in [2.75, 3.05) is 13.2 Å². The molecule has 0 amide bonds. The zero-order valence-electron chi connectivity index (χ0n) is 13.5. The van der Waals surface area contributed by atoms with Crippen molar-refractivity contribution in [3.05, 3.63) is 43.8 Å². The van der Waals surface area contributed by atoms with Gasteiger partial charge in [0.25, 0.3) is 0 Å². The molecule has 0 saturated carbocycles. The van der Waals surface area contributed by atoms with Crippen molar-refractivity contribution < 1.29 is 24.5 Å². The van der Waals surface area contributed by atoms with E-state index in [-0.39, 0.29) is 12.0 Å². The Labute approximate surface area is 167 Å². The molecule has 0 fully saturated rings. The fraction of sp³-hybridized carbons (Fsp3) is 0.375. The van der Waals surface area contributed by atoms with Gasteiger partial charge in [-0.25, -0.2) is 4.79 Å². The smallest absolute Gasteiger partial charge is 0.330 e. The van der Waals surface area contributed by atoms with Gasteiger partial charge in [-0.3, -0.25) is 4.79 Å². The topological polar surface area (TPSA) is 83.8 Å². The molecule has 2 N–H and O–H groups in total. The molecule has 8 heteroatoms. The number of carboxylic acid groups (broad SMARTS) is 2. The van der Waals surface area contributed by atoms with Crippen LogP contribution in [0.4, 0.5) is 0 Å². The zero-order valence-corrected chi connectivity index (χ0v) is 18.3. The number of hydrogen-bond acceptors (Lipinski definition) is 3. The van der Waals surface area contributed by atoms with E-state index in [4.69, 9.17) is 14.9 Å². The minimum absolute atomic E-state index is 0.176. The third kappa shape index (κ3) is 16.2. The van der Waals surface area contributed by atoms with E-state index in [0.29, 0.717) is 19.6 Å². The van der Waals surface area contributed by atoms with Crippen molar-refractivity contribution in [1.29, 1.82) is 0 Å². The summed E-state index contributed by atoms with van der Waals surface area (Å²) in [4.78, 5) is 19.5. The van der Waals surface area contributed by atoms with Crippen LogP contribution in [0.1, 0.15) is 26.7 Å². The first-order valence-corrected chi connectivity index (χ1v) is 9.29. The summed E-state index contributed by atoms with van der Waals surface area (Å²) in [5, 5.41) is 16.0. The van der Waals surface area contributed by atoms with E-state index < -0.39 is 11.9 Å². The molecule has 0 aliphatic heterocycles. The molecule has 1 aromatic rings. The first kappa shape index (κ1) is 25.5. The maximum Gasteiger partial charge on any atom is 0.330 e. The fourth-order valence-electron chi connectivity index (χ4n) is 0.947. The average Bonchev–Trinajstić information content (AvgIpc) is 2.50. The number of halogens is 3. The van der Waals surface area contributed by atoms with Gasteiger partial charge in [-0.1, -0.05) is 12.6 Å². The molecule has 0 aliphatic rings. The van der Waals surface area contributed by atoms with Crippen LogP contribution < -0.4 is 0 Å². The van der Waals surface area contributed by atoms with Gasteiger partial charge in [0.2, 0.25) is 0 Å². The van der Waals surface area contributed by atoms with Gasteiger partial charge >= 0.3 is 11.9 Å². The second-order valence-electron chi connectivity index (χ2n) is 4.32. The van der Waals surface area contributed by atoms with Gasteiger partial charge in [-0.15, -0.1) is 0 Å². The summed E-state index contributed by atoms with van der Waals surface area (Å²) in [5.41, 5.74) is 0.176. The van der Waals surface area contributed by atoms with Crippen LogP contribution in [-0.2, 0) is 14.3 Å². The standard InChI is InChI=1S/C6H3Br3.C6H12O3.C4H6O2/c7-4-2-1-3-5(8)6(4)9;1-2-9-5-3-4-6(7)8;1-3(2)4(5)6/h1-3H;2-5H2,1H3,(H,7,8);1H2,2H3,(H,5,6). The van der Waals surface area contributed by atoms with E-state index in [9.17, 15) is 9.59 Å². The fourth-order valence-corrected chi connectivity index (χ4v) is 2.21. The van der Waals surface area contributed by atoms with Crippen molar-refractivity contribution in [3.63, 3.8) is 0 Å². The van der Waals surface area contributed by atoms with Gasteiger partial charge in [-0.2, -0.15) is 0 Å². The average molecular weight is 533 g/mol. The molecule has 0 heterocycles. The molecule has 24 heavy (non-hydrogen) atoms. The molecule has 1 rings (SSSR count). The monoisotopic (exact) mass is 530 g/mol. The maximum absolute atomic E-state index is 9.91. The molecular formula is C16H21Br3O5. The van der Waals surface area contributed by atoms with Crippen LogP contribution in [0.3, 0.4) is 0 Å². The van der Waals surface area contributed by atoms with E-state index in [2.05, 4.69) is 54.4 Å². The predicted octanol–water partition coefficient (Wildman–Crippen LogP) is 5.51. The zero-order chi connectivity index (χ0) is 19.1. The summed E-state index contributed by atoms with van der Waals surface area (Å²) >= 11 is 10.1. The number of hydrogen-bond donors (Lipinski definition) is 2. The Kier molecular flexibility index (Phi) is 16.8. The summed E-state index contributed by atoms with van der Waals surface area (Å²) in [6.45, 7) is 7.72. The van der Waals surface area contributed by atoms with Crippen LogP contribution in [-0.4, -0.2) is 35.4 Å². The number of ether oxygens (including phenoxy) is 1.